The van der Waals surface area contributed by atoms with Crippen LogP contribution in [0.1, 0.15) is 12.8 Å². The van der Waals surface area contributed by atoms with Crippen LogP contribution in [0.5, 0.6) is 5.75 Å². The van der Waals surface area contributed by atoms with Crippen LogP contribution < -0.4 is 4.74 Å². The molecule has 0 N–H and O–H groups in total. The van der Waals surface area contributed by atoms with Gasteiger partial charge in [-0.2, -0.15) is 5.10 Å². The van der Waals surface area contributed by atoms with Crippen LogP contribution >= 0.6 is 15.9 Å². The molecule has 1 aliphatic heterocycles. The molecule has 4 nitrogen and oxygen atoms in total. The molecule has 0 unspecified atom stereocenters. The van der Waals surface area contributed by atoms with Crippen LogP contribution in [0, 0.1) is 0 Å². The molecule has 1 fully saturated rings. The van der Waals surface area contributed by atoms with Gasteiger partial charge < -0.3 is 9.64 Å². The Morgan fingerprint density at radius 1 is 1.40 bits per heavy atom. The average molecular weight is 274 g/mol. The third-order valence-electron chi connectivity index (χ3n) is 2.79. The van der Waals surface area contributed by atoms with Crippen LogP contribution in [0.25, 0.3) is 0 Å². The predicted octanol–water partition coefficient (Wildman–Crippen LogP) is 1.75. The molecule has 2 rings (SSSR count). The molecule has 84 valence electrons. The fourth-order valence-electron chi connectivity index (χ4n) is 1.89. The first-order valence-electron chi connectivity index (χ1n) is 5.29. The summed E-state index contributed by atoms with van der Waals surface area (Å²) in [4.78, 5) is 2.47. The summed E-state index contributed by atoms with van der Waals surface area (Å²) in [5.41, 5.74) is 0. The second-order valence-corrected chi connectivity index (χ2v) is 4.53. The topological polar surface area (TPSA) is 30.3 Å². The zero-order valence-corrected chi connectivity index (χ0v) is 10.5. The van der Waals surface area contributed by atoms with E-state index in [0.29, 0.717) is 0 Å². The molecule has 1 aromatic rings. The lowest BCUT2D eigenvalue weighted by Crippen LogP contribution is -2.24. The Morgan fingerprint density at radius 2 is 2.13 bits per heavy atom. The van der Waals surface area contributed by atoms with Gasteiger partial charge in [0.1, 0.15) is 4.60 Å². The van der Waals surface area contributed by atoms with Crippen molar-refractivity contribution in [2.45, 2.75) is 19.4 Å². The van der Waals surface area contributed by atoms with Crippen molar-refractivity contribution in [1.82, 2.24) is 14.7 Å². The summed E-state index contributed by atoms with van der Waals surface area (Å²) in [6.45, 7) is 4.46. The van der Waals surface area contributed by atoms with E-state index in [9.17, 15) is 0 Å². The maximum absolute atomic E-state index is 5.15. The van der Waals surface area contributed by atoms with Gasteiger partial charge in [0, 0.05) is 6.54 Å². The minimum atomic E-state index is 0.802. The van der Waals surface area contributed by atoms with Crippen molar-refractivity contribution in [3.05, 3.63) is 10.8 Å². The molecule has 15 heavy (non-hydrogen) atoms. The van der Waals surface area contributed by atoms with Gasteiger partial charge in [0.15, 0.2) is 5.75 Å². The average Bonchev–Trinajstić information content (AvgIpc) is 2.85. The Morgan fingerprint density at radius 3 is 2.73 bits per heavy atom. The van der Waals surface area contributed by atoms with Gasteiger partial charge in [0.2, 0.25) is 0 Å². The number of hydrogen-bond donors (Lipinski definition) is 0. The monoisotopic (exact) mass is 273 g/mol. The van der Waals surface area contributed by atoms with E-state index in [4.69, 9.17) is 4.74 Å². The standard InChI is InChI=1S/C10H16BrN3O/c1-15-9-8-12-14(10(9)11)7-6-13-4-2-3-5-13/h8H,2-7H2,1H3. The van der Waals surface area contributed by atoms with Gasteiger partial charge in [0.25, 0.3) is 0 Å². The molecule has 1 saturated heterocycles. The van der Waals surface area contributed by atoms with Crippen molar-refractivity contribution in [1.29, 1.82) is 0 Å². The van der Waals surface area contributed by atoms with E-state index in [1.165, 1.54) is 25.9 Å². The largest absolute Gasteiger partial charge is 0.492 e. The molecule has 1 aromatic heterocycles. The van der Waals surface area contributed by atoms with Gasteiger partial charge >= 0.3 is 0 Å². The summed E-state index contributed by atoms with van der Waals surface area (Å²) in [7, 11) is 1.66. The molecule has 0 radical (unpaired) electrons. The summed E-state index contributed by atoms with van der Waals surface area (Å²) >= 11 is 3.48. The third-order valence-corrected chi connectivity index (χ3v) is 3.59. The van der Waals surface area contributed by atoms with E-state index < -0.39 is 0 Å². The Hall–Kier alpha value is -0.550. The molecule has 2 heterocycles. The Bertz CT molecular complexity index is 320. The van der Waals surface area contributed by atoms with Crippen LogP contribution in [0.2, 0.25) is 0 Å². The zero-order chi connectivity index (χ0) is 10.7. The number of aromatic nitrogens is 2. The van der Waals surface area contributed by atoms with Crippen molar-refractivity contribution < 1.29 is 4.74 Å². The SMILES string of the molecule is COc1cnn(CCN2CCCC2)c1Br. The quantitative estimate of drug-likeness (QED) is 0.838. The Kier molecular flexibility index (Phi) is 3.64. The zero-order valence-electron chi connectivity index (χ0n) is 8.95. The molecular formula is C10H16BrN3O. The number of nitrogens with zero attached hydrogens (tertiary/aromatic N) is 3. The smallest absolute Gasteiger partial charge is 0.171 e. The van der Waals surface area contributed by atoms with Crippen molar-refractivity contribution >= 4 is 15.9 Å². The molecule has 0 aromatic carbocycles. The van der Waals surface area contributed by atoms with Gasteiger partial charge in [-0.25, -0.2) is 0 Å². The van der Waals surface area contributed by atoms with Gasteiger partial charge in [-0.15, -0.1) is 0 Å². The number of ether oxygens (including phenoxy) is 1. The molecule has 0 bridgehead atoms. The van der Waals surface area contributed by atoms with Crippen LogP contribution in [0.4, 0.5) is 0 Å². The third kappa shape index (κ3) is 2.52. The maximum Gasteiger partial charge on any atom is 0.171 e. The van der Waals surface area contributed by atoms with Crippen molar-refractivity contribution in [2.75, 3.05) is 26.7 Å². The van der Waals surface area contributed by atoms with E-state index in [1.54, 1.807) is 13.3 Å². The van der Waals surface area contributed by atoms with E-state index in [2.05, 4.69) is 25.9 Å². The van der Waals surface area contributed by atoms with Crippen LogP contribution in [0.3, 0.4) is 0 Å². The molecular weight excluding hydrogens is 258 g/mol. The summed E-state index contributed by atoms with van der Waals surface area (Å²) in [5, 5.41) is 4.27. The lowest BCUT2D eigenvalue weighted by molar-refractivity contribution is 0.313. The second kappa shape index (κ2) is 4.99. The molecule has 1 aliphatic rings. The van der Waals surface area contributed by atoms with Crippen molar-refractivity contribution in [2.24, 2.45) is 0 Å². The van der Waals surface area contributed by atoms with Crippen molar-refractivity contribution in [3.63, 3.8) is 0 Å². The van der Waals surface area contributed by atoms with Gasteiger partial charge in [-0.1, -0.05) is 0 Å². The molecule has 0 spiro atoms. The fraction of sp³-hybridized carbons (Fsp3) is 0.700. The molecule has 5 heteroatoms. The first-order chi connectivity index (χ1) is 7.31. The molecule has 0 aliphatic carbocycles. The van der Waals surface area contributed by atoms with E-state index in [1.807, 2.05) is 4.68 Å². The van der Waals surface area contributed by atoms with Gasteiger partial charge in [-0.05, 0) is 41.9 Å². The number of rotatable bonds is 4. The minimum absolute atomic E-state index is 0.802. The van der Waals surface area contributed by atoms with Gasteiger partial charge in [-0.3, -0.25) is 4.68 Å². The number of halogens is 1. The highest BCUT2D eigenvalue weighted by Gasteiger charge is 2.13. The van der Waals surface area contributed by atoms with E-state index in [0.717, 1.165) is 23.4 Å². The molecule has 0 saturated carbocycles. The number of hydrogen-bond acceptors (Lipinski definition) is 3. The van der Waals surface area contributed by atoms with Gasteiger partial charge in [0.05, 0.1) is 19.9 Å². The van der Waals surface area contributed by atoms with Crippen LogP contribution in [0.15, 0.2) is 10.8 Å². The summed E-state index contributed by atoms with van der Waals surface area (Å²) < 4.78 is 8.03. The van der Waals surface area contributed by atoms with E-state index >= 15 is 0 Å². The predicted molar refractivity (Wildman–Crippen MR) is 62.2 cm³/mol. The number of likely N-dealkylation sites (tertiary alicyclic amines) is 1. The highest BCUT2D eigenvalue weighted by molar-refractivity contribution is 9.10. The lowest BCUT2D eigenvalue weighted by atomic mass is 10.4. The molecule has 0 amide bonds. The summed E-state index contributed by atoms with van der Waals surface area (Å²) in [5.74, 6) is 0.802. The first kappa shape index (κ1) is 11.0. The first-order valence-corrected chi connectivity index (χ1v) is 6.08. The van der Waals surface area contributed by atoms with Crippen molar-refractivity contribution in [3.8, 4) is 5.75 Å². The lowest BCUT2D eigenvalue weighted by Gasteiger charge is -2.14. The summed E-state index contributed by atoms with van der Waals surface area (Å²) in [6, 6.07) is 0. The minimum Gasteiger partial charge on any atom is -0.492 e. The van der Waals surface area contributed by atoms with E-state index in [-0.39, 0.29) is 0 Å². The summed E-state index contributed by atoms with van der Waals surface area (Å²) in [6.07, 6.45) is 4.42. The van der Waals surface area contributed by atoms with Crippen LogP contribution in [-0.4, -0.2) is 41.4 Å². The highest BCUT2D eigenvalue weighted by atomic mass is 79.9. The fourth-order valence-corrected chi connectivity index (χ4v) is 2.42. The highest BCUT2D eigenvalue weighted by Crippen LogP contribution is 2.23. The molecule has 0 atom stereocenters. The normalized spacial score (nSPS) is 17.2. The number of methoxy groups -OCH3 is 1. The second-order valence-electron chi connectivity index (χ2n) is 3.78. The van der Waals surface area contributed by atoms with Crippen LogP contribution in [-0.2, 0) is 6.54 Å². The maximum atomic E-state index is 5.15. The Labute approximate surface area is 98.3 Å². The Balaban J connectivity index is 1.89.